The molecule has 2 atom stereocenters. The average Bonchev–Trinajstić information content (AvgIpc) is 3.15. The molecule has 0 aliphatic heterocycles. The minimum absolute atomic E-state index is 0.0506. The van der Waals surface area contributed by atoms with E-state index in [4.69, 9.17) is 4.74 Å². The number of benzene rings is 2. The summed E-state index contributed by atoms with van der Waals surface area (Å²) in [6, 6.07) is 14.6. The molecule has 1 aromatic heterocycles. The lowest BCUT2D eigenvalue weighted by Gasteiger charge is -2.21. The van der Waals surface area contributed by atoms with E-state index in [-0.39, 0.29) is 17.9 Å². The summed E-state index contributed by atoms with van der Waals surface area (Å²) in [4.78, 5) is 16.4. The SMILES string of the molecule is CCc1cccc2c([C@@H](CC(=O)N[C@H](C)C(C)C)c3cccc(OC)c3)c[nH]c12. The second-order valence-electron chi connectivity index (χ2n) is 8.07. The van der Waals surface area contributed by atoms with E-state index in [0.29, 0.717) is 12.3 Å². The number of aryl methyl sites for hydroxylation is 1. The third kappa shape index (κ3) is 4.64. The minimum atomic E-state index is -0.0506. The lowest BCUT2D eigenvalue weighted by Crippen LogP contribution is -2.36. The van der Waals surface area contributed by atoms with Gasteiger partial charge in [0.15, 0.2) is 0 Å². The van der Waals surface area contributed by atoms with E-state index in [0.717, 1.165) is 28.8 Å². The molecule has 0 aliphatic rings. The largest absolute Gasteiger partial charge is 0.497 e. The Hall–Kier alpha value is -2.75. The van der Waals surface area contributed by atoms with E-state index in [1.807, 2.05) is 18.2 Å². The van der Waals surface area contributed by atoms with Crippen molar-refractivity contribution in [3.8, 4) is 5.75 Å². The maximum Gasteiger partial charge on any atom is 0.221 e. The summed E-state index contributed by atoms with van der Waals surface area (Å²) < 4.78 is 5.44. The van der Waals surface area contributed by atoms with Crippen LogP contribution in [-0.4, -0.2) is 24.0 Å². The highest BCUT2D eigenvalue weighted by Crippen LogP contribution is 2.35. The van der Waals surface area contributed by atoms with Crippen molar-refractivity contribution in [1.29, 1.82) is 0 Å². The standard InChI is InChI=1S/C25H32N2O2/c1-6-18-9-8-12-21-23(15-26-25(18)21)22(14-24(28)27-17(4)16(2)3)19-10-7-11-20(13-19)29-5/h7-13,15-17,22,26H,6,14H2,1-5H3,(H,27,28)/t17-,22+/m1/s1. The van der Waals surface area contributed by atoms with Crippen molar-refractivity contribution in [3.05, 3.63) is 65.4 Å². The monoisotopic (exact) mass is 392 g/mol. The molecule has 154 valence electrons. The number of amides is 1. The highest BCUT2D eigenvalue weighted by molar-refractivity contribution is 5.88. The van der Waals surface area contributed by atoms with Gasteiger partial charge in [-0.15, -0.1) is 0 Å². The van der Waals surface area contributed by atoms with Crippen LogP contribution in [0.25, 0.3) is 10.9 Å². The zero-order valence-corrected chi connectivity index (χ0v) is 18.1. The number of carbonyl (C=O) groups is 1. The van der Waals surface area contributed by atoms with Gasteiger partial charge in [0.2, 0.25) is 5.91 Å². The number of hydrogen-bond acceptors (Lipinski definition) is 2. The molecule has 0 bridgehead atoms. The van der Waals surface area contributed by atoms with Gasteiger partial charge in [-0.3, -0.25) is 4.79 Å². The number of rotatable bonds is 8. The van der Waals surface area contributed by atoms with Gasteiger partial charge in [0, 0.05) is 35.5 Å². The van der Waals surface area contributed by atoms with Crippen LogP contribution in [-0.2, 0) is 11.2 Å². The summed E-state index contributed by atoms with van der Waals surface area (Å²) in [5, 5.41) is 4.34. The van der Waals surface area contributed by atoms with Crippen molar-refractivity contribution in [2.75, 3.05) is 7.11 Å². The molecule has 4 heteroatoms. The fraction of sp³-hybridized carbons (Fsp3) is 0.400. The molecular weight excluding hydrogens is 360 g/mol. The first kappa shape index (κ1) is 21.0. The van der Waals surface area contributed by atoms with Gasteiger partial charge in [-0.25, -0.2) is 0 Å². The normalized spacial score (nSPS) is 13.4. The van der Waals surface area contributed by atoms with Crippen molar-refractivity contribution in [2.45, 2.75) is 52.5 Å². The number of para-hydroxylation sites is 1. The van der Waals surface area contributed by atoms with Crippen molar-refractivity contribution >= 4 is 16.8 Å². The van der Waals surface area contributed by atoms with E-state index in [1.165, 1.54) is 10.9 Å². The molecule has 1 heterocycles. The Morgan fingerprint density at radius 1 is 1.14 bits per heavy atom. The summed E-state index contributed by atoms with van der Waals surface area (Å²) in [6.07, 6.45) is 3.42. The lowest BCUT2D eigenvalue weighted by molar-refractivity contribution is -0.122. The van der Waals surface area contributed by atoms with Gasteiger partial charge in [-0.1, -0.05) is 51.1 Å². The van der Waals surface area contributed by atoms with Crippen molar-refractivity contribution in [1.82, 2.24) is 10.3 Å². The molecule has 2 aromatic carbocycles. The number of H-pyrrole nitrogens is 1. The van der Waals surface area contributed by atoms with Crippen LogP contribution >= 0.6 is 0 Å². The number of hydrogen-bond donors (Lipinski definition) is 2. The van der Waals surface area contributed by atoms with Crippen LogP contribution in [0.2, 0.25) is 0 Å². The number of ether oxygens (including phenoxy) is 1. The molecule has 2 N–H and O–H groups in total. The Kier molecular flexibility index (Phi) is 6.63. The molecule has 0 aliphatic carbocycles. The Morgan fingerprint density at radius 2 is 1.90 bits per heavy atom. The molecule has 0 unspecified atom stereocenters. The number of carbonyl (C=O) groups excluding carboxylic acids is 1. The molecule has 0 fully saturated rings. The lowest BCUT2D eigenvalue weighted by atomic mass is 9.87. The van der Waals surface area contributed by atoms with Crippen LogP contribution in [0.5, 0.6) is 5.75 Å². The van der Waals surface area contributed by atoms with Gasteiger partial charge < -0.3 is 15.0 Å². The topological polar surface area (TPSA) is 54.1 Å². The quantitative estimate of drug-likeness (QED) is 0.538. The Bertz CT molecular complexity index is 974. The number of nitrogens with one attached hydrogen (secondary N) is 2. The maximum atomic E-state index is 12.9. The first-order chi connectivity index (χ1) is 13.9. The predicted octanol–water partition coefficient (Wildman–Crippen LogP) is 5.42. The first-order valence-corrected chi connectivity index (χ1v) is 10.5. The van der Waals surface area contributed by atoms with Crippen LogP contribution in [0.3, 0.4) is 0 Å². The molecule has 29 heavy (non-hydrogen) atoms. The summed E-state index contributed by atoms with van der Waals surface area (Å²) in [7, 11) is 1.67. The third-order valence-electron chi connectivity index (χ3n) is 5.86. The number of aromatic nitrogens is 1. The zero-order chi connectivity index (χ0) is 21.0. The number of fused-ring (bicyclic) bond motifs is 1. The Labute approximate surface area is 173 Å². The molecule has 0 saturated carbocycles. The van der Waals surface area contributed by atoms with Gasteiger partial charge in [0.05, 0.1) is 7.11 Å². The summed E-state index contributed by atoms with van der Waals surface area (Å²) in [5.74, 6) is 1.22. The molecule has 0 saturated heterocycles. The van der Waals surface area contributed by atoms with Crippen LogP contribution in [0.15, 0.2) is 48.7 Å². The van der Waals surface area contributed by atoms with Crippen LogP contribution < -0.4 is 10.1 Å². The summed E-state index contributed by atoms with van der Waals surface area (Å²) >= 11 is 0. The van der Waals surface area contributed by atoms with E-state index >= 15 is 0 Å². The molecule has 3 aromatic rings. The summed E-state index contributed by atoms with van der Waals surface area (Å²) in [6.45, 7) is 8.46. The smallest absolute Gasteiger partial charge is 0.221 e. The Morgan fingerprint density at radius 3 is 2.59 bits per heavy atom. The molecule has 0 radical (unpaired) electrons. The van der Waals surface area contributed by atoms with Crippen molar-refractivity contribution in [2.24, 2.45) is 5.92 Å². The predicted molar refractivity (Wildman–Crippen MR) is 120 cm³/mol. The fourth-order valence-electron chi connectivity index (χ4n) is 3.75. The van der Waals surface area contributed by atoms with E-state index < -0.39 is 0 Å². The molecule has 3 rings (SSSR count). The van der Waals surface area contributed by atoms with E-state index in [1.54, 1.807) is 7.11 Å². The summed E-state index contributed by atoms with van der Waals surface area (Å²) in [5.41, 5.74) is 4.68. The van der Waals surface area contributed by atoms with Gasteiger partial charge in [-0.05, 0) is 48.1 Å². The average molecular weight is 393 g/mol. The first-order valence-electron chi connectivity index (χ1n) is 10.5. The van der Waals surface area contributed by atoms with Crippen LogP contribution in [0.4, 0.5) is 0 Å². The zero-order valence-electron chi connectivity index (χ0n) is 18.1. The number of aromatic amines is 1. The maximum absolute atomic E-state index is 12.9. The second kappa shape index (κ2) is 9.17. The third-order valence-corrected chi connectivity index (χ3v) is 5.86. The molecular formula is C25H32N2O2. The Balaban J connectivity index is 2.02. The van der Waals surface area contributed by atoms with Crippen LogP contribution in [0, 0.1) is 5.92 Å². The fourth-order valence-corrected chi connectivity index (χ4v) is 3.75. The van der Waals surface area contributed by atoms with Gasteiger partial charge in [0.25, 0.3) is 0 Å². The molecule has 0 spiro atoms. The minimum Gasteiger partial charge on any atom is -0.497 e. The van der Waals surface area contributed by atoms with Crippen molar-refractivity contribution < 1.29 is 9.53 Å². The second-order valence-corrected chi connectivity index (χ2v) is 8.07. The molecule has 4 nitrogen and oxygen atoms in total. The van der Waals surface area contributed by atoms with Gasteiger partial charge in [0.1, 0.15) is 5.75 Å². The van der Waals surface area contributed by atoms with Crippen molar-refractivity contribution in [3.63, 3.8) is 0 Å². The van der Waals surface area contributed by atoms with E-state index in [9.17, 15) is 4.79 Å². The van der Waals surface area contributed by atoms with Gasteiger partial charge in [-0.2, -0.15) is 0 Å². The molecule has 1 amide bonds. The van der Waals surface area contributed by atoms with E-state index in [2.05, 4.69) is 68.5 Å². The van der Waals surface area contributed by atoms with Crippen LogP contribution in [0.1, 0.15) is 56.7 Å². The highest BCUT2D eigenvalue weighted by Gasteiger charge is 2.23. The highest BCUT2D eigenvalue weighted by atomic mass is 16.5. The van der Waals surface area contributed by atoms with Gasteiger partial charge >= 0.3 is 0 Å². The number of methoxy groups -OCH3 is 1.